The Hall–Kier alpha value is -2.34. The minimum absolute atomic E-state index is 0.127. The van der Waals surface area contributed by atoms with Gasteiger partial charge in [-0.1, -0.05) is 6.07 Å². The highest BCUT2D eigenvalue weighted by atomic mass is 79.9. The molecule has 6 heteroatoms. The largest absolute Gasteiger partial charge is 0.484 e. The van der Waals surface area contributed by atoms with E-state index in [9.17, 15) is 9.59 Å². The van der Waals surface area contributed by atoms with Crippen molar-refractivity contribution in [3.63, 3.8) is 0 Å². The fourth-order valence-corrected chi connectivity index (χ4v) is 2.45. The van der Waals surface area contributed by atoms with E-state index >= 15 is 0 Å². The van der Waals surface area contributed by atoms with E-state index in [0.717, 1.165) is 10.0 Å². The Morgan fingerprint density at radius 1 is 1.13 bits per heavy atom. The second-order valence-corrected chi connectivity index (χ2v) is 5.69. The third-order valence-electron chi connectivity index (χ3n) is 3.04. The van der Waals surface area contributed by atoms with Crippen LogP contribution in [0.1, 0.15) is 15.9 Å². The van der Waals surface area contributed by atoms with Crippen molar-refractivity contribution in [2.45, 2.75) is 6.92 Å². The molecule has 0 aliphatic heterocycles. The number of aryl methyl sites for hydroxylation is 1. The molecule has 0 spiro atoms. The second kappa shape index (κ2) is 7.78. The summed E-state index contributed by atoms with van der Waals surface area (Å²) in [5.74, 6) is -0.194. The maximum atomic E-state index is 11.9. The number of anilines is 1. The zero-order valence-electron chi connectivity index (χ0n) is 12.8. The van der Waals surface area contributed by atoms with Crippen LogP contribution in [0.2, 0.25) is 0 Å². The first-order valence-electron chi connectivity index (χ1n) is 6.87. The topological polar surface area (TPSA) is 64.6 Å². The number of ether oxygens (including phenoxy) is 2. The van der Waals surface area contributed by atoms with Gasteiger partial charge in [0.2, 0.25) is 0 Å². The van der Waals surface area contributed by atoms with Crippen LogP contribution in [0.25, 0.3) is 0 Å². The lowest BCUT2D eigenvalue weighted by atomic mass is 10.2. The van der Waals surface area contributed by atoms with E-state index in [2.05, 4.69) is 26.0 Å². The molecule has 2 aromatic rings. The summed E-state index contributed by atoms with van der Waals surface area (Å²) >= 11 is 3.40. The van der Waals surface area contributed by atoms with Crippen LogP contribution < -0.4 is 10.1 Å². The van der Waals surface area contributed by atoms with E-state index in [-0.39, 0.29) is 12.5 Å². The van der Waals surface area contributed by atoms with Crippen molar-refractivity contribution in [1.82, 2.24) is 0 Å². The molecular weight excluding hydrogens is 362 g/mol. The van der Waals surface area contributed by atoms with Gasteiger partial charge in [-0.05, 0) is 64.8 Å². The Bertz CT molecular complexity index is 713. The number of carbonyl (C=O) groups is 2. The van der Waals surface area contributed by atoms with Gasteiger partial charge in [0.05, 0.1) is 18.4 Å². The third kappa shape index (κ3) is 4.82. The van der Waals surface area contributed by atoms with Gasteiger partial charge in [-0.3, -0.25) is 4.79 Å². The summed E-state index contributed by atoms with van der Waals surface area (Å²) in [5, 5.41) is 2.76. The summed E-state index contributed by atoms with van der Waals surface area (Å²) in [6.07, 6.45) is 0. The quantitative estimate of drug-likeness (QED) is 0.809. The predicted molar refractivity (Wildman–Crippen MR) is 90.8 cm³/mol. The zero-order chi connectivity index (χ0) is 16.8. The van der Waals surface area contributed by atoms with Crippen molar-refractivity contribution >= 4 is 33.5 Å². The van der Waals surface area contributed by atoms with Crippen molar-refractivity contribution < 1.29 is 19.1 Å². The van der Waals surface area contributed by atoms with Crippen LogP contribution in [0.5, 0.6) is 5.75 Å². The molecule has 0 saturated carbocycles. The van der Waals surface area contributed by atoms with Gasteiger partial charge in [0.15, 0.2) is 6.61 Å². The lowest BCUT2D eigenvalue weighted by Crippen LogP contribution is -2.20. The molecule has 0 saturated heterocycles. The fourth-order valence-electron chi connectivity index (χ4n) is 1.86. The minimum Gasteiger partial charge on any atom is -0.484 e. The van der Waals surface area contributed by atoms with E-state index in [1.165, 1.54) is 7.11 Å². The Balaban J connectivity index is 1.90. The molecule has 0 aromatic heterocycles. The summed E-state index contributed by atoms with van der Waals surface area (Å²) in [5.41, 5.74) is 2.20. The number of esters is 1. The molecule has 0 heterocycles. The van der Waals surface area contributed by atoms with Crippen LogP contribution in [0.4, 0.5) is 5.69 Å². The molecule has 0 fully saturated rings. The molecule has 0 radical (unpaired) electrons. The van der Waals surface area contributed by atoms with Crippen LogP contribution in [-0.4, -0.2) is 25.6 Å². The SMILES string of the molecule is COC(=O)c1ccc(OCC(=O)Nc2ccc(C)cc2Br)cc1. The molecular formula is C17H16BrNO4. The van der Waals surface area contributed by atoms with Crippen molar-refractivity contribution in [3.8, 4) is 5.75 Å². The monoisotopic (exact) mass is 377 g/mol. The molecule has 0 aliphatic carbocycles. The average Bonchev–Trinajstić information content (AvgIpc) is 2.55. The first-order chi connectivity index (χ1) is 11.0. The predicted octanol–water partition coefficient (Wildman–Crippen LogP) is 3.56. The van der Waals surface area contributed by atoms with Crippen LogP contribution in [-0.2, 0) is 9.53 Å². The molecule has 1 N–H and O–H groups in total. The molecule has 0 atom stereocenters. The van der Waals surface area contributed by atoms with E-state index < -0.39 is 5.97 Å². The molecule has 0 unspecified atom stereocenters. The Kier molecular flexibility index (Phi) is 5.76. The Morgan fingerprint density at radius 3 is 2.43 bits per heavy atom. The molecule has 1 amide bonds. The number of nitrogens with one attached hydrogen (secondary N) is 1. The summed E-state index contributed by atoms with van der Waals surface area (Å²) in [7, 11) is 1.32. The van der Waals surface area contributed by atoms with Crippen molar-refractivity contribution in [1.29, 1.82) is 0 Å². The second-order valence-electron chi connectivity index (χ2n) is 4.84. The van der Waals surface area contributed by atoms with E-state index in [1.54, 1.807) is 24.3 Å². The van der Waals surface area contributed by atoms with Crippen molar-refractivity contribution in [3.05, 3.63) is 58.1 Å². The molecule has 5 nitrogen and oxygen atoms in total. The van der Waals surface area contributed by atoms with Crippen molar-refractivity contribution in [2.24, 2.45) is 0 Å². The van der Waals surface area contributed by atoms with Crippen LogP contribution >= 0.6 is 15.9 Å². The van der Waals surface area contributed by atoms with Gasteiger partial charge < -0.3 is 14.8 Å². The highest BCUT2D eigenvalue weighted by Crippen LogP contribution is 2.23. The zero-order valence-corrected chi connectivity index (χ0v) is 14.3. The summed E-state index contributed by atoms with van der Waals surface area (Å²) in [4.78, 5) is 23.2. The number of rotatable bonds is 5. The van der Waals surface area contributed by atoms with Gasteiger partial charge in [0.25, 0.3) is 5.91 Å². The fraction of sp³-hybridized carbons (Fsp3) is 0.176. The number of methoxy groups -OCH3 is 1. The van der Waals surface area contributed by atoms with Gasteiger partial charge >= 0.3 is 5.97 Å². The first-order valence-corrected chi connectivity index (χ1v) is 7.66. The standard InChI is InChI=1S/C17H16BrNO4/c1-11-3-8-15(14(18)9-11)19-16(20)10-23-13-6-4-12(5-7-13)17(21)22-2/h3-9H,10H2,1-2H3,(H,19,20). The number of amides is 1. The number of hydrogen-bond acceptors (Lipinski definition) is 4. The third-order valence-corrected chi connectivity index (χ3v) is 3.70. The number of carbonyl (C=O) groups excluding carboxylic acids is 2. The van der Waals surface area contributed by atoms with Crippen molar-refractivity contribution in [2.75, 3.05) is 19.0 Å². The molecule has 2 rings (SSSR count). The number of benzene rings is 2. The molecule has 23 heavy (non-hydrogen) atoms. The maximum Gasteiger partial charge on any atom is 0.337 e. The average molecular weight is 378 g/mol. The van der Waals surface area contributed by atoms with E-state index in [1.807, 2.05) is 25.1 Å². The smallest absolute Gasteiger partial charge is 0.337 e. The summed E-state index contributed by atoms with van der Waals surface area (Å²) in [6.45, 7) is 1.84. The highest BCUT2D eigenvalue weighted by Gasteiger charge is 2.08. The number of hydrogen-bond donors (Lipinski definition) is 1. The first kappa shape index (κ1) is 17.0. The van der Waals surface area contributed by atoms with Crippen LogP contribution in [0, 0.1) is 6.92 Å². The van der Waals surface area contributed by atoms with Gasteiger partial charge in [-0.25, -0.2) is 4.79 Å². The molecule has 0 aliphatic rings. The van der Waals surface area contributed by atoms with Gasteiger partial charge in [0, 0.05) is 4.47 Å². The van der Waals surface area contributed by atoms with Crippen LogP contribution in [0.3, 0.4) is 0 Å². The van der Waals surface area contributed by atoms with Gasteiger partial charge in [-0.2, -0.15) is 0 Å². The molecule has 0 bridgehead atoms. The Morgan fingerprint density at radius 2 is 1.83 bits per heavy atom. The van der Waals surface area contributed by atoms with E-state index in [0.29, 0.717) is 17.0 Å². The van der Waals surface area contributed by atoms with E-state index in [4.69, 9.17) is 4.74 Å². The maximum absolute atomic E-state index is 11.9. The molecule has 2 aromatic carbocycles. The highest BCUT2D eigenvalue weighted by molar-refractivity contribution is 9.10. The summed E-state index contributed by atoms with van der Waals surface area (Å²) < 4.78 is 10.8. The lowest BCUT2D eigenvalue weighted by Gasteiger charge is -2.09. The number of halogens is 1. The van der Waals surface area contributed by atoms with Gasteiger partial charge in [-0.15, -0.1) is 0 Å². The lowest BCUT2D eigenvalue weighted by molar-refractivity contribution is -0.118. The summed E-state index contributed by atoms with van der Waals surface area (Å²) in [6, 6.07) is 12.0. The van der Waals surface area contributed by atoms with Crippen LogP contribution in [0.15, 0.2) is 46.9 Å². The normalized spacial score (nSPS) is 10.0. The Labute approximate surface area is 142 Å². The van der Waals surface area contributed by atoms with Gasteiger partial charge in [0.1, 0.15) is 5.75 Å². The molecule has 120 valence electrons. The minimum atomic E-state index is -0.418.